The summed E-state index contributed by atoms with van der Waals surface area (Å²) in [7, 11) is 1.22. The van der Waals surface area contributed by atoms with Gasteiger partial charge in [-0.1, -0.05) is 6.92 Å². The molecule has 0 aliphatic carbocycles. The maximum Gasteiger partial charge on any atom is 0.415 e. The van der Waals surface area contributed by atoms with Crippen molar-refractivity contribution in [3.05, 3.63) is 0 Å². The zero-order valence-corrected chi connectivity index (χ0v) is 9.19. The smallest absolute Gasteiger partial charge is 0.415 e. The highest BCUT2D eigenvalue weighted by molar-refractivity contribution is 7.99. The Morgan fingerprint density at radius 2 is 2.00 bits per heavy atom. The lowest BCUT2D eigenvalue weighted by Gasteiger charge is -2.14. The molecule has 0 bridgehead atoms. The van der Waals surface area contributed by atoms with Crippen LogP contribution in [0.3, 0.4) is 0 Å². The monoisotopic (exact) mass is 246 g/mol. The Balaban J connectivity index is 3.76. The van der Waals surface area contributed by atoms with Gasteiger partial charge in [0.05, 0.1) is 13.0 Å². The molecule has 0 aromatic heterocycles. The van der Waals surface area contributed by atoms with Crippen LogP contribution in [0, 0.1) is 5.92 Å². The first-order valence-corrected chi connectivity index (χ1v) is 5.34. The summed E-state index contributed by atoms with van der Waals surface area (Å²) >= 11 is 0.869. The van der Waals surface area contributed by atoms with Gasteiger partial charge in [-0.3, -0.25) is 4.79 Å². The molecule has 0 aliphatic rings. The molecule has 3 nitrogen and oxygen atoms in total. The molecule has 0 aromatic carbocycles. The highest BCUT2D eigenvalue weighted by atomic mass is 32.2. The zero-order chi connectivity index (χ0) is 12.1. The number of hydrogen-bond acceptors (Lipinski definition) is 4. The second-order valence-corrected chi connectivity index (χ2v) is 4.09. The van der Waals surface area contributed by atoms with Crippen LogP contribution in [0.5, 0.6) is 0 Å². The summed E-state index contributed by atoms with van der Waals surface area (Å²) in [6.07, 6.45) is -6.94. The highest BCUT2D eigenvalue weighted by Gasteiger charge is 2.37. The molecule has 0 saturated heterocycles. The predicted octanol–water partition coefficient (Wildman–Crippen LogP) is 1.45. The molecular weight excluding hydrogens is 233 g/mol. The Bertz CT molecular complexity index is 208. The Labute approximate surface area is 90.0 Å². The topological polar surface area (TPSA) is 46.5 Å². The number of thioether (sulfide) groups is 1. The van der Waals surface area contributed by atoms with Crippen LogP contribution in [0.4, 0.5) is 13.2 Å². The number of aliphatic hydroxyl groups excluding tert-OH is 1. The summed E-state index contributed by atoms with van der Waals surface area (Å²) in [6, 6.07) is 0. The molecule has 7 heteroatoms. The van der Waals surface area contributed by atoms with E-state index in [2.05, 4.69) is 4.74 Å². The van der Waals surface area contributed by atoms with Gasteiger partial charge in [-0.05, 0) is 0 Å². The van der Waals surface area contributed by atoms with Crippen LogP contribution in [-0.4, -0.2) is 42.0 Å². The van der Waals surface area contributed by atoms with Crippen molar-refractivity contribution in [1.29, 1.82) is 0 Å². The van der Waals surface area contributed by atoms with E-state index in [9.17, 15) is 18.0 Å². The summed E-state index contributed by atoms with van der Waals surface area (Å²) in [6.45, 7) is 1.55. The van der Waals surface area contributed by atoms with Crippen molar-refractivity contribution in [2.45, 2.75) is 19.2 Å². The molecule has 0 aliphatic heterocycles. The summed E-state index contributed by atoms with van der Waals surface area (Å²) < 4.78 is 39.9. The van der Waals surface area contributed by atoms with Crippen molar-refractivity contribution in [3.63, 3.8) is 0 Å². The average Bonchev–Trinajstić information content (AvgIpc) is 2.14. The van der Waals surface area contributed by atoms with E-state index >= 15 is 0 Å². The van der Waals surface area contributed by atoms with E-state index in [-0.39, 0.29) is 5.75 Å². The van der Waals surface area contributed by atoms with Gasteiger partial charge in [0.15, 0.2) is 6.10 Å². The Morgan fingerprint density at radius 1 is 1.47 bits per heavy atom. The van der Waals surface area contributed by atoms with Gasteiger partial charge in [-0.2, -0.15) is 24.9 Å². The Morgan fingerprint density at radius 3 is 2.40 bits per heavy atom. The molecule has 0 fully saturated rings. The van der Waals surface area contributed by atoms with Gasteiger partial charge in [-0.25, -0.2) is 0 Å². The largest absolute Gasteiger partial charge is 0.469 e. The highest BCUT2D eigenvalue weighted by Crippen LogP contribution is 2.23. The number of alkyl halides is 3. The SMILES string of the molecule is COC(=O)C(C)CSCC(O)C(F)(F)F. The molecule has 0 amide bonds. The Hall–Kier alpha value is -0.430. The second kappa shape index (κ2) is 6.22. The fraction of sp³-hybridized carbons (Fsp3) is 0.875. The first-order chi connectivity index (χ1) is 6.79. The molecule has 0 saturated carbocycles. The van der Waals surface area contributed by atoms with E-state index in [1.54, 1.807) is 6.92 Å². The molecular formula is C8H13F3O3S. The minimum absolute atomic E-state index is 0.194. The number of ether oxygens (including phenoxy) is 1. The number of carbonyl (C=O) groups excluding carboxylic acids is 1. The quantitative estimate of drug-likeness (QED) is 0.746. The van der Waals surface area contributed by atoms with Crippen molar-refractivity contribution >= 4 is 17.7 Å². The van der Waals surface area contributed by atoms with Crippen molar-refractivity contribution in [1.82, 2.24) is 0 Å². The molecule has 0 rings (SSSR count). The summed E-state index contributed by atoms with van der Waals surface area (Å²) in [5.74, 6) is -1.21. The third-order valence-electron chi connectivity index (χ3n) is 1.62. The normalized spacial score (nSPS) is 15.9. The lowest BCUT2D eigenvalue weighted by molar-refractivity contribution is -0.195. The third-order valence-corrected chi connectivity index (χ3v) is 2.91. The van der Waals surface area contributed by atoms with Crippen LogP contribution in [0.15, 0.2) is 0 Å². The van der Waals surface area contributed by atoms with E-state index in [0.29, 0.717) is 0 Å². The molecule has 90 valence electrons. The first-order valence-electron chi connectivity index (χ1n) is 4.19. The van der Waals surface area contributed by atoms with Crippen molar-refractivity contribution in [2.75, 3.05) is 18.6 Å². The summed E-state index contributed by atoms with van der Waals surface area (Å²) in [5.41, 5.74) is 0. The molecule has 1 N–H and O–H groups in total. The number of rotatable bonds is 5. The van der Waals surface area contributed by atoms with Crippen LogP contribution in [0.1, 0.15) is 6.92 Å². The first kappa shape index (κ1) is 14.6. The summed E-state index contributed by atoms with van der Waals surface area (Å²) in [4.78, 5) is 10.9. The van der Waals surface area contributed by atoms with Gasteiger partial charge >= 0.3 is 12.1 Å². The van der Waals surface area contributed by atoms with Crippen LogP contribution >= 0.6 is 11.8 Å². The van der Waals surface area contributed by atoms with Crippen LogP contribution in [-0.2, 0) is 9.53 Å². The third kappa shape index (κ3) is 5.88. The fourth-order valence-corrected chi connectivity index (χ4v) is 1.76. The zero-order valence-electron chi connectivity index (χ0n) is 8.37. The average molecular weight is 246 g/mol. The number of methoxy groups -OCH3 is 1. The van der Waals surface area contributed by atoms with E-state index in [4.69, 9.17) is 5.11 Å². The van der Waals surface area contributed by atoms with Crippen LogP contribution < -0.4 is 0 Å². The van der Waals surface area contributed by atoms with Gasteiger partial charge in [-0.15, -0.1) is 0 Å². The molecule has 0 radical (unpaired) electrons. The number of halogens is 3. The van der Waals surface area contributed by atoms with Gasteiger partial charge in [0.1, 0.15) is 0 Å². The molecule has 2 unspecified atom stereocenters. The fourth-order valence-electron chi connectivity index (χ4n) is 0.720. The van der Waals surface area contributed by atoms with Crippen LogP contribution in [0.25, 0.3) is 0 Å². The van der Waals surface area contributed by atoms with E-state index in [0.717, 1.165) is 11.8 Å². The number of carbonyl (C=O) groups is 1. The standard InChI is InChI=1S/C8H13F3O3S/c1-5(7(13)14-2)3-15-4-6(12)8(9,10)11/h5-6,12H,3-4H2,1-2H3. The molecule has 0 heterocycles. The predicted molar refractivity (Wildman–Crippen MR) is 50.6 cm³/mol. The van der Waals surface area contributed by atoms with Crippen molar-refractivity contribution in [2.24, 2.45) is 5.92 Å². The van der Waals surface area contributed by atoms with Gasteiger partial charge in [0.2, 0.25) is 0 Å². The van der Waals surface area contributed by atoms with E-state index < -0.39 is 29.9 Å². The van der Waals surface area contributed by atoms with E-state index in [1.807, 2.05) is 0 Å². The minimum Gasteiger partial charge on any atom is -0.469 e. The van der Waals surface area contributed by atoms with E-state index in [1.165, 1.54) is 7.11 Å². The van der Waals surface area contributed by atoms with Crippen molar-refractivity contribution < 1.29 is 27.8 Å². The minimum atomic E-state index is -4.60. The van der Waals surface area contributed by atoms with Gasteiger partial charge in [0.25, 0.3) is 0 Å². The number of esters is 1. The second-order valence-electron chi connectivity index (χ2n) is 3.02. The lowest BCUT2D eigenvalue weighted by Crippen LogP contribution is -2.31. The Kier molecular flexibility index (Phi) is 6.04. The van der Waals surface area contributed by atoms with Gasteiger partial charge in [0, 0.05) is 11.5 Å². The maximum absolute atomic E-state index is 11.8. The molecule has 2 atom stereocenters. The molecule has 15 heavy (non-hydrogen) atoms. The molecule has 0 spiro atoms. The number of aliphatic hydroxyl groups is 1. The summed E-state index contributed by atoms with van der Waals surface area (Å²) in [5, 5.41) is 8.63. The van der Waals surface area contributed by atoms with Crippen molar-refractivity contribution in [3.8, 4) is 0 Å². The molecule has 0 aromatic rings. The number of hydrogen-bond donors (Lipinski definition) is 1. The van der Waals surface area contributed by atoms with Crippen LogP contribution in [0.2, 0.25) is 0 Å². The van der Waals surface area contributed by atoms with Gasteiger partial charge < -0.3 is 9.84 Å². The maximum atomic E-state index is 11.8. The lowest BCUT2D eigenvalue weighted by atomic mass is 10.2.